The van der Waals surface area contributed by atoms with Crippen molar-refractivity contribution in [3.8, 4) is 0 Å². The molecule has 19 heavy (non-hydrogen) atoms. The molecule has 0 saturated heterocycles. The summed E-state index contributed by atoms with van der Waals surface area (Å²) in [6.07, 6.45) is 3.92. The summed E-state index contributed by atoms with van der Waals surface area (Å²) in [4.78, 5) is 14.7. The van der Waals surface area contributed by atoms with Crippen LogP contribution >= 0.6 is 22.7 Å². The minimum atomic E-state index is -0.389. The lowest BCUT2D eigenvalue weighted by Gasteiger charge is -1.88. The van der Waals surface area contributed by atoms with Gasteiger partial charge in [0.15, 0.2) is 0 Å². The first-order chi connectivity index (χ1) is 9.22. The number of aromatic nitrogens is 1. The molecule has 0 bridgehead atoms. The Bertz CT molecular complexity index is 760. The second kappa shape index (κ2) is 4.91. The lowest BCUT2D eigenvalue weighted by Crippen LogP contribution is -1.85. The van der Waals surface area contributed by atoms with Gasteiger partial charge in [-0.2, -0.15) is 11.3 Å². The van der Waals surface area contributed by atoms with E-state index in [1.807, 2.05) is 23.6 Å². The molecule has 0 fully saturated rings. The Morgan fingerprint density at radius 1 is 1.26 bits per heavy atom. The van der Waals surface area contributed by atoms with Gasteiger partial charge in [-0.25, -0.2) is 4.98 Å². The van der Waals surface area contributed by atoms with Crippen LogP contribution in [0.2, 0.25) is 0 Å². The third kappa shape index (κ3) is 2.54. The van der Waals surface area contributed by atoms with Gasteiger partial charge in [0.2, 0.25) is 0 Å². The summed E-state index contributed by atoms with van der Waals surface area (Å²) in [5.74, 6) is 0. The van der Waals surface area contributed by atoms with Crippen molar-refractivity contribution < 1.29 is 4.92 Å². The molecule has 94 valence electrons. The maximum absolute atomic E-state index is 10.7. The van der Waals surface area contributed by atoms with E-state index in [1.54, 1.807) is 23.5 Å². The molecule has 0 aliphatic heterocycles. The van der Waals surface area contributed by atoms with E-state index in [2.05, 4.69) is 10.4 Å². The summed E-state index contributed by atoms with van der Waals surface area (Å²) >= 11 is 3.09. The van der Waals surface area contributed by atoms with Gasteiger partial charge in [-0.05, 0) is 34.5 Å². The Balaban J connectivity index is 1.95. The maximum Gasteiger partial charge on any atom is 0.270 e. The van der Waals surface area contributed by atoms with Crippen molar-refractivity contribution in [1.82, 2.24) is 4.98 Å². The molecule has 0 amide bonds. The SMILES string of the molecule is O=[N+]([O-])c1ccc2nc(/C=C\c3ccsc3)sc2c1. The summed E-state index contributed by atoms with van der Waals surface area (Å²) in [5, 5.41) is 15.6. The molecule has 0 atom stereocenters. The molecule has 2 heterocycles. The molecular weight excluding hydrogens is 280 g/mol. The van der Waals surface area contributed by atoms with Crippen molar-refractivity contribution in [3.05, 3.63) is 55.7 Å². The molecule has 0 unspecified atom stereocenters. The van der Waals surface area contributed by atoms with E-state index >= 15 is 0 Å². The lowest BCUT2D eigenvalue weighted by molar-refractivity contribution is -0.384. The minimum absolute atomic E-state index is 0.101. The largest absolute Gasteiger partial charge is 0.270 e. The molecule has 0 saturated carbocycles. The second-order valence-electron chi connectivity index (χ2n) is 3.85. The van der Waals surface area contributed by atoms with Gasteiger partial charge in [-0.3, -0.25) is 10.1 Å². The zero-order valence-corrected chi connectivity index (χ0v) is 11.3. The molecule has 3 aromatic rings. The number of nitrogens with zero attached hydrogens (tertiary/aromatic N) is 2. The summed E-state index contributed by atoms with van der Waals surface area (Å²) in [7, 11) is 0. The number of hydrogen-bond donors (Lipinski definition) is 0. The topological polar surface area (TPSA) is 56.0 Å². The van der Waals surface area contributed by atoms with Crippen LogP contribution in [-0.4, -0.2) is 9.91 Å². The minimum Gasteiger partial charge on any atom is -0.258 e. The first-order valence-corrected chi connectivity index (χ1v) is 7.23. The normalized spacial score (nSPS) is 11.4. The molecule has 2 aromatic heterocycles. The smallest absolute Gasteiger partial charge is 0.258 e. The Kier molecular flexibility index (Phi) is 3.10. The van der Waals surface area contributed by atoms with E-state index in [9.17, 15) is 10.1 Å². The number of nitro groups is 1. The van der Waals surface area contributed by atoms with E-state index in [0.29, 0.717) is 0 Å². The van der Waals surface area contributed by atoms with Gasteiger partial charge in [0.25, 0.3) is 5.69 Å². The van der Waals surface area contributed by atoms with E-state index in [4.69, 9.17) is 0 Å². The molecule has 4 nitrogen and oxygen atoms in total. The molecule has 0 radical (unpaired) electrons. The van der Waals surface area contributed by atoms with E-state index in [-0.39, 0.29) is 10.6 Å². The fourth-order valence-electron chi connectivity index (χ4n) is 1.65. The van der Waals surface area contributed by atoms with Crippen molar-refractivity contribution in [2.75, 3.05) is 0 Å². The van der Waals surface area contributed by atoms with Crippen molar-refractivity contribution in [2.24, 2.45) is 0 Å². The predicted octanol–water partition coefficient (Wildman–Crippen LogP) is 4.44. The van der Waals surface area contributed by atoms with Crippen LogP contribution in [0.25, 0.3) is 22.4 Å². The number of hydrogen-bond acceptors (Lipinski definition) is 5. The lowest BCUT2D eigenvalue weighted by atomic mass is 10.3. The van der Waals surface area contributed by atoms with Crippen LogP contribution in [0.5, 0.6) is 0 Å². The van der Waals surface area contributed by atoms with Crippen LogP contribution in [0.15, 0.2) is 35.0 Å². The van der Waals surface area contributed by atoms with Crippen LogP contribution in [0.3, 0.4) is 0 Å². The van der Waals surface area contributed by atoms with Gasteiger partial charge in [0.05, 0.1) is 15.1 Å². The van der Waals surface area contributed by atoms with Gasteiger partial charge in [0, 0.05) is 12.1 Å². The number of rotatable bonds is 3. The standard InChI is InChI=1S/C13H8N2O2S2/c16-15(17)10-2-3-11-12(7-10)19-13(14-11)4-1-9-5-6-18-8-9/h1-8H/b4-1-. The molecule has 1 aromatic carbocycles. The summed E-state index contributed by atoms with van der Waals surface area (Å²) in [6.45, 7) is 0. The fraction of sp³-hybridized carbons (Fsp3) is 0. The highest BCUT2D eigenvalue weighted by Gasteiger charge is 2.08. The zero-order chi connectivity index (χ0) is 13.2. The maximum atomic E-state index is 10.7. The van der Waals surface area contributed by atoms with Crippen LogP contribution in [0.1, 0.15) is 10.6 Å². The molecule has 6 heteroatoms. The highest BCUT2D eigenvalue weighted by Crippen LogP contribution is 2.27. The third-order valence-electron chi connectivity index (χ3n) is 2.56. The van der Waals surface area contributed by atoms with Crippen LogP contribution < -0.4 is 0 Å². The van der Waals surface area contributed by atoms with E-state index in [0.717, 1.165) is 20.8 Å². The number of thiophene rings is 1. The molecule has 0 aliphatic carbocycles. The van der Waals surface area contributed by atoms with Gasteiger partial charge >= 0.3 is 0 Å². The van der Waals surface area contributed by atoms with Crippen molar-refractivity contribution in [1.29, 1.82) is 0 Å². The first kappa shape index (κ1) is 12.0. The number of benzene rings is 1. The van der Waals surface area contributed by atoms with Crippen LogP contribution in [-0.2, 0) is 0 Å². The average molecular weight is 288 g/mol. The number of nitro benzene ring substituents is 1. The summed E-state index contributed by atoms with van der Waals surface area (Å²) < 4.78 is 0.833. The van der Waals surface area contributed by atoms with Crippen molar-refractivity contribution in [3.63, 3.8) is 0 Å². The Labute approximate surface area is 116 Å². The Morgan fingerprint density at radius 3 is 2.89 bits per heavy atom. The third-order valence-corrected chi connectivity index (χ3v) is 4.25. The summed E-state index contributed by atoms with van der Waals surface area (Å²) in [5.41, 5.74) is 2.03. The van der Waals surface area contributed by atoms with Gasteiger partial charge < -0.3 is 0 Å². The van der Waals surface area contributed by atoms with E-state index < -0.39 is 0 Å². The van der Waals surface area contributed by atoms with Gasteiger partial charge in [-0.1, -0.05) is 6.08 Å². The van der Waals surface area contributed by atoms with Crippen molar-refractivity contribution >= 4 is 50.7 Å². The predicted molar refractivity (Wildman–Crippen MR) is 79.5 cm³/mol. The molecule has 0 N–H and O–H groups in total. The molecule has 0 spiro atoms. The zero-order valence-electron chi connectivity index (χ0n) is 9.65. The Morgan fingerprint density at radius 2 is 2.16 bits per heavy atom. The number of fused-ring (bicyclic) bond motifs is 1. The average Bonchev–Trinajstić information content (AvgIpc) is 3.04. The quantitative estimate of drug-likeness (QED) is 0.529. The molecular formula is C13H8N2O2S2. The van der Waals surface area contributed by atoms with Crippen molar-refractivity contribution in [2.45, 2.75) is 0 Å². The Hall–Kier alpha value is -2.05. The fourth-order valence-corrected chi connectivity index (χ4v) is 3.19. The highest BCUT2D eigenvalue weighted by atomic mass is 32.1. The number of non-ortho nitro benzene ring substituents is 1. The van der Waals surface area contributed by atoms with Gasteiger partial charge in [-0.15, -0.1) is 11.3 Å². The molecule has 3 rings (SSSR count). The second-order valence-corrected chi connectivity index (χ2v) is 5.69. The monoisotopic (exact) mass is 288 g/mol. The van der Waals surface area contributed by atoms with E-state index in [1.165, 1.54) is 17.4 Å². The first-order valence-electron chi connectivity index (χ1n) is 5.48. The van der Waals surface area contributed by atoms with Gasteiger partial charge in [0.1, 0.15) is 5.01 Å². The highest BCUT2D eigenvalue weighted by molar-refractivity contribution is 7.19. The summed E-state index contributed by atoms with van der Waals surface area (Å²) in [6, 6.07) is 6.76. The molecule has 0 aliphatic rings. The van der Waals surface area contributed by atoms with Crippen LogP contribution in [0.4, 0.5) is 5.69 Å². The number of thiazole rings is 1. The van der Waals surface area contributed by atoms with Crippen LogP contribution in [0, 0.1) is 10.1 Å².